The average Bonchev–Trinajstić information content (AvgIpc) is 3.56. The van der Waals surface area contributed by atoms with Crippen LogP contribution in [-0.2, 0) is 14.3 Å². The fraction of sp³-hybridized carbons (Fsp3) is 0.292. The Morgan fingerprint density at radius 1 is 1.18 bits per heavy atom. The Morgan fingerprint density at radius 3 is 2.53 bits per heavy atom. The van der Waals surface area contributed by atoms with Crippen LogP contribution in [0.3, 0.4) is 0 Å². The number of benzene rings is 1. The molecule has 1 aliphatic heterocycles. The number of hydrogen-bond acceptors (Lipinski definition) is 9. The number of aryl methyl sites for hydroxylation is 1. The number of hydrogen-bond donors (Lipinski definition) is 0. The smallest absolute Gasteiger partial charge is 0.350 e. The summed E-state index contributed by atoms with van der Waals surface area (Å²) < 4.78 is 15.8. The van der Waals surface area contributed by atoms with Crippen LogP contribution in [0.25, 0.3) is 0 Å². The SMILES string of the molecule is CCCOc1ccc(C(=O)C2C(=O)C(=O)N(c3nc(C)c(C(=O)OC)s3)C2c2ccco2)cc1. The second-order valence-corrected chi connectivity index (χ2v) is 8.59. The molecule has 1 aliphatic rings. The van der Waals surface area contributed by atoms with Crippen molar-refractivity contribution in [1.29, 1.82) is 0 Å². The van der Waals surface area contributed by atoms with Crippen molar-refractivity contribution in [2.24, 2.45) is 5.92 Å². The molecule has 0 bridgehead atoms. The van der Waals surface area contributed by atoms with Gasteiger partial charge >= 0.3 is 5.97 Å². The molecule has 1 saturated heterocycles. The number of Topliss-reactive ketones (excluding diaryl/α,β-unsaturated/α-hetero) is 2. The van der Waals surface area contributed by atoms with Gasteiger partial charge in [-0.1, -0.05) is 18.3 Å². The molecule has 9 nitrogen and oxygen atoms in total. The van der Waals surface area contributed by atoms with E-state index in [2.05, 4.69) is 4.98 Å². The van der Waals surface area contributed by atoms with Crippen molar-refractivity contribution >= 4 is 39.9 Å². The van der Waals surface area contributed by atoms with E-state index in [1.54, 1.807) is 43.3 Å². The number of anilines is 1. The molecule has 0 spiro atoms. The van der Waals surface area contributed by atoms with Gasteiger partial charge in [-0.25, -0.2) is 9.78 Å². The molecule has 3 heterocycles. The van der Waals surface area contributed by atoms with Crippen molar-refractivity contribution in [2.45, 2.75) is 26.3 Å². The van der Waals surface area contributed by atoms with Crippen molar-refractivity contribution in [3.8, 4) is 5.75 Å². The second-order valence-electron chi connectivity index (χ2n) is 7.62. The molecule has 0 aliphatic carbocycles. The molecule has 1 amide bonds. The third-order valence-corrected chi connectivity index (χ3v) is 6.53. The highest BCUT2D eigenvalue weighted by Crippen LogP contribution is 2.43. The zero-order valence-corrected chi connectivity index (χ0v) is 19.6. The standard InChI is InChI=1S/C24H22N2O7S/c1-4-11-32-15-9-7-14(8-10-15)19(27)17-18(16-6-5-12-33-16)26(22(29)20(17)28)24-25-13(2)21(34-24)23(30)31-3/h5-10,12,17-18H,4,11H2,1-3H3. The number of methoxy groups -OCH3 is 1. The van der Waals surface area contributed by atoms with Crippen LogP contribution >= 0.6 is 11.3 Å². The summed E-state index contributed by atoms with van der Waals surface area (Å²) in [5.74, 6) is -3.37. The summed E-state index contributed by atoms with van der Waals surface area (Å²) >= 11 is 0.913. The van der Waals surface area contributed by atoms with Crippen LogP contribution in [0.15, 0.2) is 47.1 Å². The Hall–Kier alpha value is -3.79. The topological polar surface area (TPSA) is 116 Å². The van der Waals surface area contributed by atoms with Gasteiger partial charge in [0.25, 0.3) is 5.91 Å². The Labute approximate surface area is 199 Å². The number of furan rings is 1. The molecule has 176 valence electrons. The normalized spacial score (nSPS) is 17.8. The van der Waals surface area contributed by atoms with Crippen molar-refractivity contribution in [3.63, 3.8) is 0 Å². The number of amides is 1. The maximum absolute atomic E-state index is 13.5. The number of ketones is 2. The molecule has 2 atom stereocenters. The maximum Gasteiger partial charge on any atom is 0.350 e. The molecule has 2 aromatic heterocycles. The zero-order valence-electron chi connectivity index (χ0n) is 18.8. The highest BCUT2D eigenvalue weighted by molar-refractivity contribution is 7.17. The number of nitrogens with zero attached hydrogens (tertiary/aromatic N) is 2. The molecule has 1 fully saturated rings. The number of esters is 1. The van der Waals surface area contributed by atoms with Crippen molar-refractivity contribution in [3.05, 3.63) is 64.6 Å². The van der Waals surface area contributed by atoms with E-state index in [1.807, 2.05) is 6.92 Å². The summed E-state index contributed by atoms with van der Waals surface area (Å²) in [5, 5.41) is 0.108. The number of thiazole rings is 1. The van der Waals surface area contributed by atoms with E-state index in [0.717, 1.165) is 22.7 Å². The van der Waals surface area contributed by atoms with E-state index in [9.17, 15) is 19.2 Å². The lowest BCUT2D eigenvalue weighted by Gasteiger charge is -2.22. The summed E-state index contributed by atoms with van der Waals surface area (Å²) in [7, 11) is 1.24. The summed E-state index contributed by atoms with van der Waals surface area (Å²) in [6.07, 6.45) is 2.24. The van der Waals surface area contributed by atoms with Gasteiger partial charge in [-0.3, -0.25) is 19.3 Å². The first-order valence-corrected chi connectivity index (χ1v) is 11.4. The molecule has 10 heteroatoms. The van der Waals surface area contributed by atoms with Gasteiger partial charge in [-0.15, -0.1) is 0 Å². The van der Waals surface area contributed by atoms with E-state index >= 15 is 0 Å². The molecule has 1 aromatic carbocycles. The molecule has 34 heavy (non-hydrogen) atoms. The van der Waals surface area contributed by atoms with Gasteiger partial charge in [0.1, 0.15) is 28.3 Å². The first-order valence-electron chi connectivity index (χ1n) is 10.6. The van der Waals surface area contributed by atoms with Crippen LogP contribution in [0, 0.1) is 12.8 Å². The summed E-state index contributed by atoms with van der Waals surface area (Å²) in [5.41, 5.74) is 0.613. The monoisotopic (exact) mass is 482 g/mol. The molecule has 4 rings (SSSR count). The van der Waals surface area contributed by atoms with Gasteiger partial charge in [-0.2, -0.15) is 0 Å². The van der Waals surface area contributed by atoms with Gasteiger partial charge in [-0.05, 0) is 49.7 Å². The maximum atomic E-state index is 13.5. The quantitative estimate of drug-likeness (QED) is 0.206. The number of carbonyl (C=O) groups excluding carboxylic acids is 4. The van der Waals surface area contributed by atoms with E-state index < -0.39 is 35.4 Å². The highest BCUT2D eigenvalue weighted by Gasteiger charge is 2.54. The Kier molecular flexibility index (Phi) is 6.60. The summed E-state index contributed by atoms with van der Waals surface area (Å²) in [6, 6.07) is 8.58. The van der Waals surface area contributed by atoms with Gasteiger partial charge in [0.05, 0.1) is 25.7 Å². The van der Waals surface area contributed by atoms with E-state index in [1.165, 1.54) is 13.4 Å². The third-order valence-electron chi connectivity index (χ3n) is 5.40. The van der Waals surface area contributed by atoms with Crippen LogP contribution in [0.4, 0.5) is 5.13 Å². The lowest BCUT2D eigenvalue weighted by Crippen LogP contribution is -2.30. The predicted octanol–water partition coefficient (Wildman–Crippen LogP) is 3.78. The number of rotatable bonds is 8. The molecular formula is C24H22N2O7S. The van der Waals surface area contributed by atoms with Crippen LogP contribution < -0.4 is 9.64 Å². The predicted molar refractivity (Wildman–Crippen MR) is 122 cm³/mol. The third kappa shape index (κ3) is 4.12. The first-order chi connectivity index (χ1) is 16.4. The van der Waals surface area contributed by atoms with Crippen molar-refractivity contribution in [1.82, 2.24) is 4.98 Å². The minimum atomic E-state index is -1.34. The average molecular weight is 483 g/mol. The Bertz CT molecular complexity index is 1230. The lowest BCUT2D eigenvalue weighted by atomic mass is 9.89. The number of ether oxygens (including phenoxy) is 2. The first kappa shape index (κ1) is 23.4. The largest absolute Gasteiger partial charge is 0.494 e. The zero-order chi connectivity index (χ0) is 24.4. The summed E-state index contributed by atoms with van der Waals surface area (Å²) in [4.78, 5) is 57.4. The molecule has 2 unspecified atom stereocenters. The van der Waals surface area contributed by atoms with Gasteiger partial charge in [0.15, 0.2) is 10.9 Å². The minimum Gasteiger partial charge on any atom is -0.494 e. The van der Waals surface area contributed by atoms with E-state index in [4.69, 9.17) is 13.9 Å². The van der Waals surface area contributed by atoms with Crippen LogP contribution in [0.5, 0.6) is 5.75 Å². The fourth-order valence-corrected chi connectivity index (χ4v) is 4.79. The highest BCUT2D eigenvalue weighted by atomic mass is 32.1. The van der Waals surface area contributed by atoms with Crippen LogP contribution in [0.1, 0.15) is 50.9 Å². The molecule has 0 radical (unpaired) electrons. The van der Waals surface area contributed by atoms with Crippen molar-refractivity contribution < 1.29 is 33.1 Å². The Balaban J connectivity index is 1.73. The molecular weight excluding hydrogens is 460 g/mol. The van der Waals surface area contributed by atoms with E-state index in [0.29, 0.717) is 18.1 Å². The van der Waals surface area contributed by atoms with Gasteiger partial charge in [0, 0.05) is 5.56 Å². The molecule has 0 N–H and O–H groups in total. The summed E-state index contributed by atoms with van der Waals surface area (Å²) in [6.45, 7) is 4.12. The second kappa shape index (κ2) is 9.60. The van der Waals surface area contributed by atoms with Crippen LogP contribution in [0.2, 0.25) is 0 Å². The van der Waals surface area contributed by atoms with Gasteiger partial charge in [0.2, 0.25) is 5.78 Å². The number of carbonyl (C=O) groups is 4. The molecule has 0 saturated carbocycles. The van der Waals surface area contributed by atoms with Crippen molar-refractivity contribution in [2.75, 3.05) is 18.6 Å². The molecule has 3 aromatic rings. The Morgan fingerprint density at radius 2 is 1.91 bits per heavy atom. The lowest BCUT2D eigenvalue weighted by molar-refractivity contribution is -0.135. The van der Waals surface area contributed by atoms with Gasteiger partial charge < -0.3 is 13.9 Å². The number of aromatic nitrogens is 1. The fourth-order valence-electron chi connectivity index (χ4n) is 3.77. The minimum absolute atomic E-state index is 0.108. The van der Waals surface area contributed by atoms with Crippen LogP contribution in [-0.4, -0.2) is 42.1 Å². The van der Waals surface area contributed by atoms with E-state index in [-0.39, 0.29) is 21.3 Å².